The van der Waals surface area contributed by atoms with E-state index < -0.39 is 12.1 Å². The molecule has 0 aromatic carbocycles. The largest absolute Gasteiger partial charge is 0.481 e. The van der Waals surface area contributed by atoms with Gasteiger partial charge >= 0.3 is 12.0 Å². The van der Waals surface area contributed by atoms with Crippen LogP contribution in [-0.2, 0) is 22.6 Å². The maximum Gasteiger partial charge on any atom is 0.317 e. The van der Waals surface area contributed by atoms with Crippen LogP contribution in [0.1, 0.15) is 19.2 Å². The molecule has 0 aliphatic carbocycles. The Bertz CT molecular complexity index is 504. The van der Waals surface area contributed by atoms with E-state index in [9.17, 15) is 9.59 Å². The molecule has 1 unspecified atom stereocenters. The molecule has 116 valence electrons. The van der Waals surface area contributed by atoms with Gasteiger partial charge in [-0.05, 0) is 6.92 Å². The van der Waals surface area contributed by atoms with Gasteiger partial charge in [0, 0.05) is 19.6 Å². The average Bonchev–Trinajstić information content (AvgIpc) is 2.91. The molecule has 1 saturated heterocycles. The number of nitrogens with zero attached hydrogens (tertiary/aromatic N) is 4. The Morgan fingerprint density at radius 1 is 1.57 bits per heavy atom. The molecule has 0 saturated carbocycles. The van der Waals surface area contributed by atoms with E-state index in [0.717, 1.165) is 6.54 Å². The van der Waals surface area contributed by atoms with Crippen molar-refractivity contribution in [2.75, 3.05) is 19.7 Å². The SMILES string of the molecule is CCn1cnnc1CNC(=O)N1CCOC(CC(=O)O)C1. The lowest BCUT2D eigenvalue weighted by atomic mass is 10.2. The van der Waals surface area contributed by atoms with Crippen molar-refractivity contribution in [3.05, 3.63) is 12.2 Å². The van der Waals surface area contributed by atoms with E-state index in [-0.39, 0.29) is 25.5 Å². The molecule has 2 heterocycles. The fourth-order valence-electron chi connectivity index (χ4n) is 2.17. The van der Waals surface area contributed by atoms with Crippen molar-refractivity contribution < 1.29 is 19.4 Å². The topological polar surface area (TPSA) is 110 Å². The molecule has 2 N–H and O–H groups in total. The zero-order valence-electron chi connectivity index (χ0n) is 11.9. The summed E-state index contributed by atoms with van der Waals surface area (Å²) < 4.78 is 7.17. The number of carboxylic acids is 1. The Morgan fingerprint density at radius 2 is 2.38 bits per heavy atom. The van der Waals surface area contributed by atoms with E-state index in [2.05, 4.69) is 15.5 Å². The smallest absolute Gasteiger partial charge is 0.317 e. The lowest BCUT2D eigenvalue weighted by Gasteiger charge is -2.32. The number of nitrogens with one attached hydrogen (secondary N) is 1. The minimum Gasteiger partial charge on any atom is -0.481 e. The second-order valence-corrected chi connectivity index (χ2v) is 4.73. The molecular weight excluding hydrogens is 278 g/mol. The Balaban J connectivity index is 1.84. The molecule has 0 spiro atoms. The molecular formula is C12H19N5O4. The highest BCUT2D eigenvalue weighted by atomic mass is 16.5. The summed E-state index contributed by atoms with van der Waals surface area (Å²) in [6.45, 7) is 4.05. The molecule has 9 heteroatoms. The number of urea groups is 1. The molecule has 1 aromatic heterocycles. The predicted molar refractivity (Wildman–Crippen MR) is 71.5 cm³/mol. The number of carbonyl (C=O) groups excluding carboxylic acids is 1. The molecule has 0 radical (unpaired) electrons. The number of aliphatic carboxylic acids is 1. The molecule has 1 aliphatic rings. The van der Waals surface area contributed by atoms with E-state index in [1.54, 1.807) is 11.2 Å². The van der Waals surface area contributed by atoms with Gasteiger partial charge in [0.15, 0.2) is 5.82 Å². The van der Waals surface area contributed by atoms with Crippen LogP contribution in [-0.4, -0.2) is 62.6 Å². The van der Waals surface area contributed by atoms with Crippen LogP contribution in [0.5, 0.6) is 0 Å². The van der Waals surface area contributed by atoms with Gasteiger partial charge in [-0.2, -0.15) is 0 Å². The van der Waals surface area contributed by atoms with Gasteiger partial charge in [0.25, 0.3) is 0 Å². The summed E-state index contributed by atoms with van der Waals surface area (Å²) in [4.78, 5) is 24.3. The molecule has 0 bridgehead atoms. The van der Waals surface area contributed by atoms with Gasteiger partial charge in [-0.25, -0.2) is 4.79 Å². The monoisotopic (exact) mass is 297 g/mol. The van der Waals surface area contributed by atoms with Gasteiger partial charge in [-0.3, -0.25) is 4.79 Å². The van der Waals surface area contributed by atoms with Crippen LogP contribution in [0.4, 0.5) is 4.79 Å². The van der Waals surface area contributed by atoms with Crippen LogP contribution in [0.25, 0.3) is 0 Å². The van der Waals surface area contributed by atoms with E-state index in [4.69, 9.17) is 9.84 Å². The maximum atomic E-state index is 12.1. The van der Waals surface area contributed by atoms with Crippen molar-refractivity contribution in [1.29, 1.82) is 0 Å². The quantitative estimate of drug-likeness (QED) is 0.771. The Hall–Kier alpha value is -2.16. The van der Waals surface area contributed by atoms with Crippen LogP contribution in [0.15, 0.2) is 6.33 Å². The van der Waals surface area contributed by atoms with Gasteiger partial charge in [-0.15, -0.1) is 10.2 Å². The number of aromatic nitrogens is 3. The first-order valence-electron chi connectivity index (χ1n) is 6.83. The molecule has 2 amide bonds. The van der Waals surface area contributed by atoms with E-state index in [1.165, 1.54) is 0 Å². The third-order valence-electron chi connectivity index (χ3n) is 3.26. The fourth-order valence-corrected chi connectivity index (χ4v) is 2.17. The van der Waals surface area contributed by atoms with Gasteiger partial charge in [0.2, 0.25) is 0 Å². The van der Waals surface area contributed by atoms with Gasteiger partial charge < -0.3 is 24.6 Å². The van der Waals surface area contributed by atoms with Crippen LogP contribution >= 0.6 is 0 Å². The molecule has 1 atom stereocenters. The standard InChI is InChI=1S/C12H19N5O4/c1-2-16-8-14-15-10(16)6-13-12(20)17-3-4-21-9(7-17)5-11(18)19/h8-9H,2-7H2,1H3,(H,13,20)(H,18,19). The van der Waals surface area contributed by atoms with Gasteiger partial charge in [0.05, 0.1) is 25.7 Å². The first-order chi connectivity index (χ1) is 10.1. The normalized spacial score (nSPS) is 18.5. The second kappa shape index (κ2) is 7.02. The zero-order chi connectivity index (χ0) is 15.2. The van der Waals surface area contributed by atoms with Crippen molar-refractivity contribution in [3.63, 3.8) is 0 Å². The van der Waals surface area contributed by atoms with E-state index in [1.807, 2.05) is 11.5 Å². The van der Waals surface area contributed by atoms with Crippen molar-refractivity contribution in [3.8, 4) is 0 Å². The number of hydrogen-bond donors (Lipinski definition) is 2. The zero-order valence-corrected chi connectivity index (χ0v) is 11.9. The highest BCUT2D eigenvalue weighted by Crippen LogP contribution is 2.09. The molecule has 1 aromatic rings. The Labute approximate surface area is 121 Å². The molecule has 2 rings (SSSR count). The summed E-state index contributed by atoms with van der Waals surface area (Å²) in [6, 6.07) is -0.251. The Morgan fingerprint density at radius 3 is 3.10 bits per heavy atom. The second-order valence-electron chi connectivity index (χ2n) is 4.73. The summed E-state index contributed by atoms with van der Waals surface area (Å²) in [5.74, 6) is -0.250. The number of carboxylic acid groups (broad SMARTS) is 1. The summed E-state index contributed by atoms with van der Waals surface area (Å²) in [5, 5.41) is 19.3. The summed E-state index contributed by atoms with van der Waals surface area (Å²) in [6.07, 6.45) is 1.05. The molecule has 1 fully saturated rings. The van der Waals surface area contributed by atoms with Crippen LogP contribution < -0.4 is 5.32 Å². The summed E-state index contributed by atoms with van der Waals surface area (Å²) in [5.41, 5.74) is 0. The minimum absolute atomic E-state index is 0.103. The van der Waals surface area contributed by atoms with Crippen molar-refractivity contribution >= 4 is 12.0 Å². The lowest BCUT2D eigenvalue weighted by molar-refractivity contribution is -0.141. The first kappa shape index (κ1) is 15.2. The van der Waals surface area contributed by atoms with Crippen molar-refractivity contribution in [2.45, 2.75) is 32.5 Å². The van der Waals surface area contributed by atoms with Crippen LogP contribution in [0.2, 0.25) is 0 Å². The van der Waals surface area contributed by atoms with E-state index in [0.29, 0.717) is 19.0 Å². The maximum absolute atomic E-state index is 12.1. The first-order valence-corrected chi connectivity index (χ1v) is 6.83. The average molecular weight is 297 g/mol. The number of carbonyl (C=O) groups is 2. The van der Waals surface area contributed by atoms with Crippen LogP contribution in [0, 0.1) is 0 Å². The van der Waals surface area contributed by atoms with Gasteiger partial charge in [-0.1, -0.05) is 0 Å². The van der Waals surface area contributed by atoms with Crippen molar-refractivity contribution in [2.24, 2.45) is 0 Å². The summed E-state index contributed by atoms with van der Waals surface area (Å²) >= 11 is 0. The number of rotatable bonds is 5. The third-order valence-corrected chi connectivity index (χ3v) is 3.26. The summed E-state index contributed by atoms with van der Waals surface area (Å²) in [7, 11) is 0. The number of hydrogen-bond acceptors (Lipinski definition) is 5. The molecule has 21 heavy (non-hydrogen) atoms. The lowest BCUT2D eigenvalue weighted by Crippen LogP contribution is -2.50. The number of morpholine rings is 1. The number of aryl methyl sites for hydroxylation is 1. The van der Waals surface area contributed by atoms with Crippen LogP contribution in [0.3, 0.4) is 0 Å². The minimum atomic E-state index is -0.932. The number of amides is 2. The third kappa shape index (κ3) is 4.15. The van der Waals surface area contributed by atoms with Crippen molar-refractivity contribution in [1.82, 2.24) is 25.0 Å². The molecule has 9 nitrogen and oxygen atoms in total. The highest BCUT2D eigenvalue weighted by molar-refractivity contribution is 5.74. The number of ether oxygens (including phenoxy) is 1. The van der Waals surface area contributed by atoms with Gasteiger partial charge in [0.1, 0.15) is 6.33 Å². The molecule has 1 aliphatic heterocycles. The Kier molecular flexibility index (Phi) is 5.09. The predicted octanol–water partition coefficient (Wildman–Crippen LogP) is -0.317. The van der Waals surface area contributed by atoms with E-state index >= 15 is 0 Å². The highest BCUT2D eigenvalue weighted by Gasteiger charge is 2.25. The fraction of sp³-hybridized carbons (Fsp3) is 0.667.